The van der Waals surface area contributed by atoms with E-state index in [0.29, 0.717) is 0 Å². The van der Waals surface area contributed by atoms with E-state index in [1.165, 1.54) is 5.56 Å². The predicted molar refractivity (Wildman–Crippen MR) is 116 cm³/mol. The van der Waals surface area contributed by atoms with Crippen LogP contribution in [0.4, 0.5) is 5.69 Å². The highest BCUT2D eigenvalue weighted by Crippen LogP contribution is 2.26. The van der Waals surface area contributed by atoms with Crippen molar-refractivity contribution in [1.29, 1.82) is 0 Å². The van der Waals surface area contributed by atoms with Crippen molar-refractivity contribution >= 4 is 16.7 Å². The predicted octanol–water partition coefficient (Wildman–Crippen LogP) is 5.91. The first kappa shape index (κ1) is 18.8. The van der Waals surface area contributed by atoms with Crippen molar-refractivity contribution in [1.82, 2.24) is 0 Å². The molecule has 0 aliphatic carbocycles. The van der Waals surface area contributed by atoms with Gasteiger partial charge in [-0.2, -0.15) is 0 Å². The Morgan fingerprint density at radius 3 is 2.14 bits per heavy atom. The first-order valence-electron chi connectivity index (χ1n) is 9.60. The molecule has 0 atom stereocenters. The zero-order chi connectivity index (χ0) is 20.2. The lowest BCUT2D eigenvalue weighted by atomic mass is 10.1. The van der Waals surface area contributed by atoms with E-state index in [9.17, 15) is 0 Å². The van der Waals surface area contributed by atoms with Crippen LogP contribution in [-0.2, 0) is 6.42 Å². The molecular weight excluding hydrogens is 362 g/mol. The second kappa shape index (κ2) is 8.23. The molecule has 0 aliphatic rings. The molecule has 0 saturated carbocycles. The Balaban J connectivity index is 1.91. The van der Waals surface area contributed by atoms with Crippen LogP contribution in [0.5, 0.6) is 11.5 Å². The molecular formula is C25H23NO3. The smallest absolute Gasteiger partial charge is 0.137 e. The number of rotatable bonds is 5. The average molecular weight is 385 g/mol. The first-order chi connectivity index (χ1) is 14.2. The molecule has 0 amide bonds. The molecule has 0 radical (unpaired) electrons. The summed E-state index contributed by atoms with van der Waals surface area (Å²) in [5.41, 5.74) is 3.90. The van der Waals surface area contributed by atoms with Gasteiger partial charge in [0.1, 0.15) is 22.8 Å². The van der Waals surface area contributed by atoms with E-state index < -0.39 is 0 Å². The summed E-state index contributed by atoms with van der Waals surface area (Å²) >= 11 is 0. The molecule has 0 N–H and O–H groups in total. The zero-order valence-electron chi connectivity index (χ0n) is 16.8. The number of methoxy groups -OCH3 is 2. The lowest BCUT2D eigenvalue weighted by Gasteiger charge is -2.08. The molecule has 0 aliphatic heterocycles. The lowest BCUT2D eigenvalue weighted by molar-refractivity contribution is 0.414. The number of hydrogen-bond acceptors (Lipinski definition) is 4. The zero-order valence-corrected chi connectivity index (χ0v) is 16.8. The van der Waals surface area contributed by atoms with Gasteiger partial charge in [-0.1, -0.05) is 19.1 Å². The van der Waals surface area contributed by atoms with E-state index in [2.05, 4.69) is 19.1 Å². The van der Waals surface area contributed by atoms with Crippen molar-refractivity contribution in [2.75, 3.05) is 14.2 Å². The molecule has 0 saturated heterocycles. The molecule has 0 unspecified atom stereocenters. The quantitative estimate of drug-likeness (QED) is 0.429. The topological polar surface area (TPSA) is 44.0 Å². The molecule has 4 aromatic rings. The van der Waals surface area contributed by atoms with E-state index in [4.69, 9.17) is 18.9 Å². The Morgan fingerprint density at radius 1 is 0.793 bits per heavy atom. The summed E-state index contributed by atoms with van der Waals surface area (Å²) in [7, 11) is 3.31. The summed E-state index contributed by atoms with van der Waals surface area (Å²) in [5.74, 6) is 2.32. The summed E-state index contributed by atoms with van der Waals surface area (Å²) in [6, 6.07) is 23.8. The van der Waals surface area contributed by atoms with Crippen LogP contribution in [0, 0.1) is 0 Å². The summed E-state index contributed by atoms with van der Waals surface area (Å²) in [5, 5.41) is 1.74. The van der Waals surface area contributed by atoms with Gasteiger partial charge in [-0.05, 0) is 66.6 Å². The molecule has 0 fully saturated rings. The van der Waals surface area contributed by atoms with E-state index in [-0.39, 0.29) is 0 Å². The van der Waals surface area contributed by atoms with Crippen LogP contribution in [0.3, 0.4) is 0 Å². The number of nitrogens with zero attached hydrogens (tertiary/aromatic N) is 1. The van der Waals surface area contributed by atoms with Gasteiger partial charge in [-0.3, -0.25) is 0 Å². The van der Waals surface area contributed by atoms with Gasteiger partial charge in [0.15, 0.2) is 0 Å². The third-order valence-corrected chi connectivity index (χ3v) is 4.92. The number of fused-ring (bicyclic) bond motifs is 1. The normalized spacial score (nSPS) is 11.6. The minimum absolute atomic E-state index is 0.745. The van der Waals surface area contributed by atoms with Crippen molar-refractivity contribution in [3.05, 3.63) is 83.7 Å². The van der Waals surface area contributed by atoms with Gasteiger partial charge in [0.25, 0.3) is 0 Å². The number of benzene rings is 3. The third kappa shape index (κ3) is 4.02. The summed E-state index contributed by atoms with van der Waals surface area (Å²) in [6.45, 7) is 2.14. The average Bonchev–Trinajstić information content (AvgIpc) is 2.79. The first-order valence-corrected chi connectivity index (χ1v) is 9.60. The molecule has 1 aromatic heterocycles. The van der Waals surface area contributed by atoms with Crippen molar-refractivity contribution < 1.29 is 13.9 Å². The SMILES string of the molecule is CCc1ccc(N=c2cc(-c3ccc(OC)cc3)oc3ccc(OC)cc23)cc1. The van der Waals surface area contributed by atoms with Crippen molar-refractivity contribution in [2.45, 2.75) is 13.3 Å². The Morgan fingerprint density at radius 2 is 1.48 bits per heavy atom. The number of hydrogen-bond donors (Lipinski definition) is 0. The number of aryl methyl sites for hydroxylation is 1. The molecule has 4 nitrogen and oxygen atoms in total. The minimum Gasteiger partial charge on any atom is -0.497 e. The van der Waals surface area contributed by atoms with Gasteiger partial charge in [-0.25, -0.2) is 4.99 Å². The van der Waals surface area contributed by atoms with Crippen LogP contribution in [0.15, 0.2) is 82.2 Å². The largest absolute Gasteiger partial charge is 0.497 e. The fraction of sp³-hybridized carbons (Fsp3) is 0.160. The van der Waals surface area contributed by atoms with Gasteiger partial charge < -0.3 is 13.9 Å². The van der Waals surface area contributed by atoms with Crippen LogP contribution in [0.25, 0.3) is 22.3 Å². The van der Waals surface area contributed by atoms with Crippen LogP contribution in [0.1, 0.15) is 12.5 Å². The van der Waals surface area contributed by atoms with Gasteiger partial charge in [0.05, 0.1) is 25.3 Å². The summed E-state index contributed by atoms with van der Waals surface area (Å²) < 4.78 is 16.8. The van der Waals surface area contributed by atoms with Crippen LogP contribution < -0.4 is 14.8 Å². The van der Waals surface area contributed by atoms with Crippen LogP contribution in [0.2, 0.25) is 0 Å². The Hall–Kier alpha value is -3.53. The fourth-order valence-corrected chi connectivity index (χ4v) is 3.21. The third-order valence-electron chi connectivity index (χ3n) is 4.92. The minimum atomic E-state index is 0.745. The fourth-order valence-electron chi connectivity index (χ4n) is 3.21. The Bertz CT molecular complexity index is 1190. The Kier molecular flexibility index (Phi) is 5.34. The van der Waals surface area contributed by atoms with Crippen molar-refractivity contribution in [3.63, 3.8) is 0 Å². The van der Waals surface area contributed by atoms with Crippen LogP contribution >= 0.6 is 0 Å². The maximum absolute atomic E-state index is 6.18. The maximum Gasteiger partial charge on any atom is 0.137 e. The van der Waals surface area contributed by atoms with Gasteiger partial charge in [-0.15, -0.1) is 0 Å². The second-order valence-corrected chi connectivity index (χ2v) is 6.72. The molecule has 146 valence electrons. The highest BCUT2D eigenvalue weighted by Gasteiger charge is 2.08. The van der Waals surface area contributed by atoms with Crippen molar-refractivity contribution in [3.8, 4) is 22.8 Å². The number of ether oxygens (including phenoxy) is 2. The van der Waals surface area contributed by atoms with Crippen molar-refractivity contribution in [2.24, 2.45) is 4.99 Å². The molecule has 3 aromatic carbocycles. The lowest BCUT2D eigenvalue weighted by Crippen LogP contribution is -2.03. The monoisotopic (exact) mass is 385 g/mol. The Labute approximate surface area is 170 Å². The highest BCUT2D eigenvalue weighted by atomic mass is 16.5. The second-order valence-electron chi connectivity index (χ2n) is 6.72. The van der Waals surface area contributed by atoms with Crippen LogP contribution in [-0.4, -0.2) is 14.2 Å². The van der Waals surface area contributed by atoms with E-state index in [1.54, 1.807) is 14.2 Å². The highest BCUT2D eigenvalue weighted by molar-refractivity contribution is 5.80. The summed E-state index contributed by atoms with van der Waals surface area (Å²) in [6.07, 6.45) is 1.01. The van der Waals surface area contributed by atoms with E-state index in [0.717, 1.165) is 51.3 Å². The standard InChI is InChI=1S/C25H23NO3/c1-4-17-5-9-19(10-6-17)26-23-16-25(18-7-11-20(27-2)12-8-18)29-24-14-13-21(28-3)15-22(23)24/h5-16H,4H2,1-3H3. The molecule has 4 rings (SSSR count). The van der Waals surface area contributed by atoms with E-state index in [1.807, 2.05) is 60.7 Å². The molecule has 0 bridgehead atoms. The van der Waals surface area contributed by atoms with Gasteiger partial charge in [0.2, 0.25) is 0 Å². The summed E-state index contributed by atoms with van der Waals surface area (Å²) in [4.78, 5) is 4.90. The molecule has 1 heterocycles. The molecule has 29 heavy (non-hydrogen) atoms. The molecule has 4 heteroatoms. The maximum atomic E-state index is 6.18. The van der Waals surface area contributed by atoms with Gasteiger partial charge in [0, 0.05) is 17.0 Å². The van der Waals surface area contributed by atoms with E-state index >= 15 is 0 Å². The molecule has 0 spiro atoms. The van der Waals surface area contributed by atoms with Gasteiger partial charge >= 0.3 is 0 Å².